The van der Waals surface area contributed by atoms with Crippen molar-refractivity contribution in [1.82, 2.24) is 0 Å². The van der Waals surface area contributed by atoms with Crippen LogP contribution in [0, 0.1) is 0 Å². The molecule has 252 valence electrons. The molecule has 0 amide bonds. The highest BCUT2D eigenvalue weighted by atomic mass is 32.2. The van der Waals surface area contributed by atoms with Crippen molar-refractivity contribution in [2.24, 2.45) is 0 Å². The molecular formula is C26H31F9O7S2. The number of hydrogen-bond acceptors (Lipinski definition) is 7. The third-order valence-electron chi connectivity index (χ3n) is 6.00. The van der Waals surface area contributed by atoms with E-state index in [1.165, 1.54) is 17.7 Å². The molecule has 0 heterocycles. The Bertz CT molecular complexity index is 1300. The van der Waals surface area contributed by atoms with Crippen molar-refractivity contribution in [2.45, 2.75) is 48.8 Å². The summed E-state index contributed by atoms with van der Waals surface area (Å²) in [7, 11) is -0.623. The predicted octanol–water partition coefficient (Wildman–Crippen LogP) is 7.18. The van der Waals surface area contributed by atoms with E-state index in [-0.39, 0.29) is 0 Å². The standard InChI is InChI=1S/C22H30O4S.C4HF9O3S/c1-6-14-27-15-13-17-7-9-18(10-8-17)22(25-4,26-5)20-12-11-19(23-2)16-21(20)24-3;5-1(6,3(9,10)11)2(7,8)4(12,13)17(14,15)16/h7-12,16H,6,13-15H2,1-5H3;(H,14,15,16). The molecule has 44 heavy (non-hydrogen) atoms. The second kappa shape index (κ2) is 15.2. The number of ether oxygens (including phenoxy) is 4. The van der Waals surface area contributed by atoms with Gasteiger partial charge in [0.25, 0.3) is 0 Å². The fourth-order valence-corrected chi connectivity index (χ4v) is 4.94. The Morgan fingerprint density at radius 3 is 1.73 bits per heavy atom. The minimum Gasteiger partial charge on any atom is -0.497 e. The molecule has 0 aromatic heterocycles. The number of alkyl halides is 9. The molecule has 0 bridgehead atoms. The van der Waals surface area contributed by atoms with Crippen LogP contribution in [-0.4, -0.2) is 76.2 Å². The van der Waals surface area contributed by atoms with Crippen LogP contribution in [0.2, 0.25) is 0 Å². The van der Waals surface area contributed by atoms with Crippen LogP contribution in [0.5, 0.6) is 11.5 Å². The number of methoxy groups -OCH3 is 4. The Morgan fingerprint density at radius 2 is 1.32 bits per heavy atom. The van der Waals surface area contributed by atoms with Crippen LogP contribution in [0.15, 0.2) is 42.5 Å². The summed E-state index contributed by atoms with van der Waals surface area (Å²) < 4.78 is 157. The van der Waals surface area contributed by atoms with Gasteiger partial charge in [-0.1, -0.05) is 31.2 Å². The van der Waals surface area contributed by atoms with E-state index >= 15 is 0 Å². The highest BCUT2D eigenvalue weighted by Crippen LogP contribution is 2.54. The van der Waals surface area contributed by atoms with E-state index in [9.17, 15) is 47.9 Å². The molecule has 0 unspecified atom stereocenters. The first-order valence-corrected chi connectivity index (χ1v) is 14.9. The van der Waals surface area contributed by atoms with Gasteiger partial charge in [0.05, 0.1) is 19.8 Å². The van der Waals surface area contributed by atoms with Gasteiger partial charge in [-0.3, -0.25) is 4.55 Å². The number of hydrogen-bond donors (Lipinski definition) is 1. The third-order valence-corrected chi connectivity index (χ3v) is 8.09. The summed E-state index contributed by atoms with van der Waals surface area (Å²) in [5.74, 6) is -12.0. The predicted molar refractivity (Wildman–Crippen MR) is 145 cm³/mol. The van der Waals surface area contributed by atoms with Crippen molar-refractivity contribution in [3.05, 3.63) is 59.2 Å². The fraction of sp³-hybridized carbons (Fsp3) is 0.538. The van der Waals surface area contributed by atoms with Gasteiger partial charge in [-0.05, 0) is 42.0 Å². The second-order valence-corrected chi connectivity index (χ2v) is 11.5. The van der Waals surface area contributed by atoms with Gasteiger partial charge in [-0.25, -0.2) is 0 Å². The van der Waals surface area contributed by atoms with Gasteiger partial charge >= 0.3 is 33.4 Å². The number of rotatable bonds is 14. The van der Waals surface area contributed by atoms with Crippen molar-refractivity contribution in [2.75, 3.05) is 39.9 Å². The second-order valence-electron chi connectivity index (χ2n) is 8.79. The highest BCUT2D eigenvalue weighted by molar-refractivity contribution is 7.99. The first-order valence-electron chi connectivity index (χ1n) is 12.3. The maximum atomic E-state index is 12.2. The molecule has 0 atom stereocenters. The lowest BCUT2D eigenvalue weighted by Gasteiger charge is -2.33. The molecule has 0 aliphatic heterocycles. The number of thioether (sulfide) groups is 1. The Balaban J connectivity index is 0.000000493. The van der Waals surface area contributed by atoms with E-state index in [4.69, 9.17) is 23.5 Å². The van der Waals surface area contributed by atoms with E-state index in [1.54, 1.807) is 28.4 Å². The molecule has 0 aliphatic rings. The zero-order chi connectivity index (χ0) is 34.2. The molecule has 2 rings (SSSR count). The maximum Gasteiger partial charge on any atom is 0.460 e. The Kier molecular flexibility index (Phi) is 13.7. The highest BCUT2D eigenvalue weighted by Gasteiger charge is 2.85. The number of halogens is 9. The maximum absolute atomic E-state index is 12.2. The van der Waals surface area contributed by atoms with Crippen LogP contribution >= 0.6 is 11.8 Å². The monoisotopic (exact) mass is 690 g/mol. The smallest absolute Gasteiger partial charge is 0.460 e. The first kappa shape index (κ1) is 39.6. The Labute approximate surface area is 252 Å². The van der Waals surface area contributed by atoms with Crippen molar-refractivity contribution in [1.29, 1.82) is 0 Å². The van der Waals surface area contributed by atoms with Crippen LogP contribution in [0.1, 0.15) is 30.0 Å². The zero-order valence-corrected chi connectivity index (χ0v) is 25.6. The summed E-state index contributed by atoms with van der Waals surface area (Å²) in [4.78, 5) is 0. The molecule has 18 heteroatoms. The van der Waals surface area contributed by atoms with Crippen molar-refractivity contribution >= 4 is 21.9 Å². The number of benzene rings is 2. The van der Waals surface area contributed by atoms with Gasteiger partial charge in [0.15, 0.2) is 0 Å². The van der Waals surface area contributed by atoms with Crippen LogP contribution in [0.3, 0.4) is 0 Å². The van der Waals surface area contributed by atoms with Crippen molar-refractivity contribution < 1.29 is 71.4 Å². The van der Waals surface area contributed by atoms with Crippen LogP contribution in [0.4, 0.5) is 39.5 Å². The van der Waals surface area contributed by atoms with Gasteiger partial charge in [-0.2, -0.15) is 59.7 Å². The lowest BCUT2D eigenvalue weighted by atomic mass is 9.94. The normalized spacial score (nSPS) is 13.2. The van der Waals surface area contributed by atoms with Gasteiger partial charge < -0.3 is 18.9 Å². The molecule has 0 fully saturated rings. The largest absolute Gasteiger partial charge is 0.497 e. The van der Waals surface area contributed by atoms with Gasteiger partial charge in [0, 0.05) is 25.8 Å². The minimum absolute atomic E-state index is 0.651. The number of aryl methyl sites for hydroxylation is 1. The van der Waals surface area contributed by atoms with E-state index in [1.807, 2.05) is 30.0 Å². The molecule has 1 N–H and O–H groups in total. The lowest BCUT2D eigenvalue weighted by molar-refractivity contribution is -0.382. The summed E-state index contributed by atoms with van der Waals surface area (Å²) in [5, 5.41) is -7.00. The zero-order valence-electron chi connectivity index (χ0n) is 24.0. The molecule has 2 aromatic carbocycles. The Hall–Kier alpha value is -2.41. The van der Waals surface area contributed by atoms with Gasteiger partial charge in [-0.15, -0.1) is 0 Å². The van der Waals surface area contributed by atoms with E-state index in [2.05, 4.69) is 31.2 Å². The van der Waals surface area contributed by atoms with E-state index in [0.717, 1.165) is 29.1 Å². The molecule has 7 nitrogen and oxygen atoms in total. The summed E-state index contributed by atoms with van der Waals surface area (Å²) in [6.07, 6.45) is -4.86. The van der Waals surface area contributed by atoms with Gasteiger partial charge in [0.2, 0.25) is 5.79 Å². The fourth-order valence-electron chi connectivity index (χ4n) is 3.61. The minimum atomic E-state index is -7.37. The summed E-state index contributed by atoms with van der Waals surface area (Å²) in [5.41, 5.74) is 3.02. The third kappa shape index (κ3) is 8.24. The van der Waals surface area contributed by atoms with Crippen LogP contribution < -0.4 is 9.47 Å². The molecular weight excluding hydrogens is 659 g/mol. The van der Waals surface area contributed by atoms with Gasteiger partial charge in [0.1, 0.15) is 11.5 Å². The molecule has 2 aromatic rings. The van der Waals surface area contributed by atoms with Crippen LogP contribution in [0.25, 0.3) is 0 Å². The molecule has 0 spiro atoms. The molecule has 0 saturated carbocycles. The quantitative estimate of drug-likeness (QED) is 0.0966. The lowest BCUT2D eigenvalue weighted by Crippen LogP contribution is -2.63. The summed E-state index contributed by atoms with van der Waals surface area (Å²) in [6, 6.07) is 14.0. The van der Waals surface area contributed by atoms with Crippen molar-refractivity contribution in [3.63, 3.8) is 0 Å². The molecule has 0 aliphatic carbocycles. The molecule has 0 radical (unpaired) electrons. The topological polar surface area (TPSA) is 91.3 Å². The van der Waals surface area contributed by atoms with E-state index in [0.29, 0.717) is 5.75 Å². The Morgan fingerprint density at radius 1 is 0.773 bits per heavy atom. The molecule has 0 saturated heterocycles. The summed E-state index contributed by atoms with van der Waals surface area (Å²) >= 11 is 1.99. The van der Waals surface area contributed by atoms with Crippen molar-refractivity contribution in [3.8, 4) is 11.5 Å². The van der Waals surface area contributed by atoms with Crippen LogP contribution in [-0.2, 0) is 31.8 Å². The first-order chi connectivity index (χ1) is 20.1. The SMILES string of the molecule is CCCSCCc1ccc(C(OC)(OC)c2ccc(OC)cc2OC)cc1.O=S(=O)(O)C(F)(F)C(F)(F)C(F)(F)C(F)(F)F. The van der Waals surface area contributed by atoms with E-state index < -0.39 is 39.2 Å². The summed E-state index contributed by atoms with van der Waals surface area (Å²) in [6.45, 7) is 2.21. The average Bonchev–Trinajstić information content (AvgIpc) is 2.96. The average molecular weight is 691 g/mol.